The van der Waals surface area contributed by atoms with E-state index in [9.17, 15) is 4.79 Å². The van der Waals surface area contributed by atoms with Gasteiger partial charge >= 0.3 is 0 Å². The molecule has 1 fully saturated rings. The third-order valence-electron chi connectivity index (χ3n) is 6.95. The molecule has 0 bridgehead atoms. The van der Waals surface area contributed by atoms with Crippen LogP contribution >= 0.6 is 0 Å². The number of anilines is 2. The van der Waals surface area contributed by atoms with E-state index in [1.165, 1.54) is 5.56 Å². The highest BCUT2D eigenvalue weighted by molar-refractivity contribution is 5.76. The average molecular weight is 448 g/mol. The van der Waals surface area contributed by atoms with E-state index in [1.807, 2.05) is 25.2 Å². The largest absolute Gasteiger partial charge is 0.382 e. The molecule has 2 aliphatic heterocycles. The number of nitrogens with two attached hydrogens (primary N) is 1. The van der Waals surface area contributed by atoms with Gasteiger partial charge in [0.05, 0.1) is 11.7 Å². The van der Waals surface area contributed by atoms with Crippen LogP contribution in [-0.4, -0.2) is 63.8 Å². The van der Waals surface area contributed by atoms with Gasteiger partial charge in [0, 0.05) is 49.9 Å². The molecule has 3 N–H and O–H groups in total. The highest BCUT2D eigenvalue weighted by Crippen LogP contribution is 2.38. The standard InChI is InChI=1S/C25H33N7O/c1-30(2)12-5-8-21(33)31-13-9-17(10-14-31)25-29-22(23-24(26)27-11-15-32(23)25)20-16-18-6-3-4-7-19(18)28-20/h3-4,6-7,11,15,17,20,28H,5,8-10,12-14,16H2,1-2H3,(H2,26,27). The molecule has 1 unspecified atom stereocenters. The van der Waals surface area contributed by atoms with Crippen molar-refractivity contribution < 1.29 is 4.79 Å². The fourth-order valence-electron chi connectivity index (χ4n) is 5.20. The number of hydrogen-bond donors (Lipinski definition) is 2. The fraction of sp³-hybridized carbons (Fsp3) is 0.480. The second-order valence-electron chi connectivity index (χ2n) is 9.51. The summed E-state index contributed by atoms with van der Waals surface area (Å²) in [6.45, 7) is 2.51. The quantitative estimate of drug-likeness (QED) is 0.603. The zero-order valence-electron chi connectivity index (χ0n) is 19.5. The Bertz CT molecular complexity index is 1120. The first-order valence-corrected chi connectivity index (χ1v) is 11.9. The van der Waals surface area contributed by atoms with Gasteiger partial charge in [-0.2, -0.15) is 0 Å². The van der Waals surface area contributed by atoms with Crippen molar-refractivity contribution in [2.75, 3.05) is 44.8 Å². The highest BCUT2D eigenvalue weighted by atomic mass is 16.2. The summed E-state index contributed by atoms with van der Waals surface area (Å²) in [6.07, 6.45) is 7.96. The molecule has 0 saturated carbocycles. The summed E-state index contributed by atoms with van der Waals surface area (Å²) >= 11 is 0. The molecule has 0 aliphatic carbocycles. The Labute approximate surface area is 194 Å². The Hall–Kier alpha value is -3.13. The average Bonchev–Trinajstić information content (AvgIpc) is 3.41. The highest BCUT2D eigenvalue weighted by Gasteiger charge is 2.31. The van der Waals surface area contributed by atoms with E-state index in [4.69, 9.17) is 10.7 Å². The molecule has 0 spiro atoms. The van der Waals surface area contributed by atoms with Gasteiger partial charge in [-0.05, 0) is 51.5 Å². The number of para-hydroxylation sites is 1. The number of benzene rings is 1. The van der Waals surface area contributed by atoms with Crippen molar-refractivity contribution in [1.29, 1.82) is 0 Å². The van der Waals surface area contributed by atoms with Crippen molar-refractivity contribution >= 4 is 22.9 Å². The van der Waals surface area contributed by atoms with Crippen LogP contribution in [0, 0.1) is 0 Å². The number of carbonyl (C=O) groups excluding carboxylic acids is 1. The van der Waals surface area contributed by atoms with Crippen LogP contribution in [0.4, 0.5) is 11.5 Å². The fourth-order valence-corrected chi connectivity index (χ4v) is 5.20. The molecular weight excluding hydrogens is 414 g/mol. The molecule has 8 heteroatoms. The van der Waals surface area contributed by atoms with Crippen molar-refractivity contribution in [3.8, 4) is 0 Å². The summed E-state index contributed by atoms with van der Waals surface area (Å²) in [5.74, 6) is 2.11. The van der Waals surface area contributed by atoms with Crippen LogP contribution in [0.2, 0.25) is 0 Å². The minimum absolute atomic E-state index is 0.0796. The number of nitrogens with one attached hydrogen (secondary N) is 1. The van der Waals surface area contributed by atoms with Crippen LogP contribution in [0.1, 0.15) is 54.7 Å². The minimum Gasteiger partial charge on any atom is -0.382 e. The number of piperidine rings is 1. The molecule has 1 saturated heterocycles. The Morgan fingerprint density at radius 1 is 1.24 bits per heavy atom. The first-order valence-electron chi connectivity index (χ1n) is 11.9. The summed E-state index contributed by atoms with van der Waals surface area (Å²) in [5, 5.41) is 3.62. The molecule has 0 radical (unpaired) electrons. The Morgan fingerprint density at radius 2 is 2.03 bits per heavy atom. The summed E-state index contributed by atoms with van der Waals surface area (Å²) in [4.78, 5) is 26.3. The van der Waals surface area contributed by atoms with Gasteiger partial charge in [-0.15, -0.1) is 0 Å². The van der Waals surface area contributed by atoms with Crippen molar-refractivity contribution in [1.82, 2.24) is 24.2 Å². The smallest absolute Gasteiger partial charge is 0.222 e. The van der Waals surface area contributed by atoms with E-state index >= 15 is 0 Å². The molecule has 8 nitrogen and oxygen atoms in total. The third-order valence-corrected chi connectivity index (χ3v) is 6.95. The maximum Gasteiger partial charge on any atom is 0.222 e. The number of nitrogen functional groups attached to an aromatic ring is 1. The number of carbonyl (C=O) groups is 1. The topological polar surface area (TPSA) is 91.8 Å². The molecule has 3 aromatic rings. The van der Waals surface area contributed by atoms with Crippen LogP contribution in [0.25, 0.3) is 5.52 Å². The molecule has 4 heterocycles. The van der Waals surface area contributed by atoms with Crippen LogP contribution in [0.5, 0.6) is 0 Å². The Morgan fingerprint density at radius 3 is 2.79 bits per heavy atom. The molecule has 174 valence electrons. The van der Waals surface area contributed by atoms with Gasteiger partial charge in [-0.25, -0.2) is 9.97 Å². The normalized spacial score (nSPS) is 18.6. The maximum atomic E-state index is 12.6. The zero-order valence-corrected chi connectivity index (χ0v) is 19.5. The number of hydrogen-bond acceptors (Lipinski definition) is 6. The molecular formula is C25H33N7O. The predicted octanol–water partition coefficient (Wildman–Crippen LogP) is 3.07. The van der Waals surface area contributed by atoms with Gasteiger partial charge in [0.25, 0.3) is 0 Å². The molecule has 1 atom stereocenters. The van der Waals surface area contributed by atoms with Crippen LogP contribution in [0.3, 0.4) is 0 Å². The minimum atomic E-state index is 0.0796. The second kappa shape index (κ2) is 9.02. The van der Waals surface area contributed by atoms with Gasteiger partial charge in [0.2, 0.25) is 5.91 Å². The van der Waals surface area contributed by atoms with E-state index < -0.39 is 0 Å². The SMILES string of the molecule is CN(C)CCCC(=O)N1CCC(c2nc(C3Cc4ccccc4N3)c3c(N)nccn23)CC1. The number of rotatable bonds is 6. The van der Waals surface area contributed by atoms with Gasteiger partial charge in [-0.1, -0.05) is 18.2 Å². The number of likely N-dealkylation sites (tertiary alicyclic amines) is 1. The summed E-state index contributed by atoms with van der Waals surface area (Å²) in [5.41, 5.74) is 10.7. The zero-order chi connectivity index (χ0) is 22.9. The van der Waals surface area contributed by atoms with E-state index in [1.54, 1.807) is 6.20 Å². The Kier molecular flexibility index (Phi) is 5.93. The number of imidazole rings is 1. The second-order valence-corrected chi connectivity index (χ2v) is 9.51. The molecule has 33 heavy (non-hydrogen) atoms. The van der Waals surface area contributed by atoms with Gasteiger partial charge in [0.1, 0.15) is 17.2 Å². The lowest BCUT2D eigenvalue weighted by atomic mass is 9.95. The third kappa shape index (κ3) is 4.27. The molecule has 1 aromatic carbocycles. The molecule has 5 rings (SSSR count). The number of nitrogens with zero attached hydrogens (tertiary/aromatic N) is 5. The molecule has 1 amide bonds. The lowest BCUT2D eigenvalue weighted by molar-refractivity contribution is -0.132. The monoisotopic (exact) mass is 447 g/mol. The molecule has 2 aromatic heterocycles. The number of fused-ring (bicyclic) bond motifs is 2. The van der Waals surface area contributed by atoms with Crippen molar-refractivity contribution in [2.24, 2.45) is 0 Å². The number of amides is 1. The van der Waals surface area contributed by atoms with Gasteiger partial charge in [-0.3, -0.25) is 9.20 Å². The molecule has 2 aliphatic rings. The van der Waals surface area contributed by atoms with E-state index in [0.29, 0.717) is 18.2 Å². The van der Waals surface area contributed by atoms with Gasteiger partial charge < -0.3 is 20.9 Å². The predicted molar refractivity (Wildman–Crippen MR) is 130 cm³/mol. The Balaban J connectivity index is 1.34. The summed E-state index contributed by atoms with van der Waals surface area (Å²) in [7, 11) is 4.09. The summed E-state index contributed by atoms with van der Waals surface area (Å²) in [6, 6.07) is 8.48. The van der Waals surface area contributed by atoms with E-state index in [0.717, 1.165) is 68.0 Å². The first-order chi connectivity index (χ1) is 16.0. The van der Waals surface area contributed by atoms with Crippen LogP contribution in [-0.2, 0) is 11.2 Å². The number of aromatic nitrogens is 3. The van der Waals surface area contributed by atoms with E-state index in [2.05, 4.69) is 43.9 Å². The van der Waals surface area contributed by atoms with E-state index in [-0.39, 0.29) is 11.9 Å². The van der Waals surface area contributed by atoms with Crippen molar-refractivity contribution in [3.05, 3.63) is 53.7 Å². The first kappa shape index (κ1) is 21.7. The lowest BCUT2D eigenvalue weighted by Crippen LogP contribution is -2.38. The summed E-state index contributed by atoms with van der Waals surface area (Å²) < 4.78 is 2.13. The van der Waals surface area contributed by atoms with Crippen LogP contribution in [0.15, 0.2) is 36.7 Å². The van der Waals surface area contributed by atoms with Crippen molar-refractivity contribution in [3.63, 3.8) is 0 Å². The van der Waals surface area contributed by atoms with Crippen molar-refractivity contribution in [2.45, 2.75) is 44.1 Å². The lowest BCUT2D eigenvalue weighted by Gasteiger charge is -2.31. The van der Waals surface area contributed by atoms with Gasteiger partial charge in [0.15, 0.2) is 0 Å². The maximum absolute atomic E-state index is 12.6. The van der Waals surface area contributed by atoms with Crippen LogP contribution < -0.4 is 11.1 Å².